The molecule has 1 fully saturated rings. The predicted octanol–water partition coefficient (Wildman–Crippen LogP) is 4.10. The normalized spacial score (nSPS) is 14.6. The lowest BCUT2D eigenvalue weighted by atomic mass is 9.90. The molecule has 0 spiro atoms. The van der Waals surface area contributed by atoms with Crippen molar-refractivity contribution < 1.29 is 9.59 Å². The van der Waals surface area contributed by atoms with Crippen LogP contribution in [0.4, 0.5) is 0 Å². The van der Waals surface area contributed by atoms with Crippen molar-refractivity contribution in [2.45, 2.75) is 45.4 Å². The summed E-state index contributed by atoms with van der Waals surface area (Å²) in [5.74, 6) is 0.387. The highest BCUT2D eigenvalue weighted by Gasteiger charge is 2.25. The molecule has 0 saturated carbocycles. The van der Waals surface area contributed by atoms with Gasteiger partial charge in [0.1, 0.15) is 5.69 Å². The highest BCUT2D eigenvalue weighted by Crippen LogP contribution is 2.22. The lowest BCUT2D eigenvalue weighted by molar-refractivity contribution is 0.0684. The van der Waals surface area contributed by atoms with Crippen molar-refractivity contribution in [1.29, 1.82) is 0 Å². The molecule has 1 aliphatic rings. The Hall–Kier alpha value is -2.69. The number of carbonyl (C=O) groups excluding carboxylic acids is 2. The van der Waals surface area contributed by atoms with Crippen molar-refractivity contribution in [2.75, 3.05) is 19.6 Å². The summed E-state index contributed by atoms with van der Waals surface area (Å²) in [6.07, 6.45) is 7.80. The van der Waals surface area contributed by atoms with Gasteiger partial charge in [-0.1, -0.05) is 50.1 Å². The number of aromatic nitrogens is 1. The van der Waals surface area contributed by atoms with Crippen LogP contribution in [0.15, 0.2) is 48.7 Å². The second-order valence-corrected chi connectivity index (χ2v) is 7.82. The molecule has 1 N–H and O–H groups in total. The first kappa shape index (κ1) is 21.0. The van der Waals surface area contributed by atoms with Gasteiger partial charge < -0.3 is 10.2 Å². The van der Waals surface area contributed by atoms with Gasteiger partial charge in [-0.05, 0) is 49.3 Å². The number of hydrogen-bond acceptors (Lipinski definition) is 3. The molecule has 0 atom stereocenters. The van der Waals surface area contributed by atoms with E-state index in [0.717, 1.165) is 51.6 Å². The Morgan fingerprint density at radius 1 is 1.10 bits per heavy atom. The van der Waals surface area contributed by atoms with E-state index < -0.39 is 0 Å². The number of rotatable bonds is 8. The number of nitrogens with one attached hydrogen (secondary N) is 1. The number of benzene rings is 1. The Kier molecular flexibility index (Phi) is 7.79. The van der Waals surface area contributed by atoms with Gasteiger partial charge in [-0.15, -0.1) is 0 Å². The minimum absolute atomic E-state index is 0.0798. The zero-order valence-corrected chi connectivity index (χ0v) is 17.3. The van der Waals surface area contributed by atoms with E-state index in [0.29, 0.717) is 23.7 Å². The van der Waals surface area contributed by atoms with E-state index in [2.05, 4.69) is 41.5 Å². The van der Waals surface area contributed by atoms with Crippen LogP contribution in [0, 0.1) is 5.92 Å². The number of pyridine rings is 1. The molecule has 3 rings (SSSR count). The summed E-state index contributed by atoms with van der Waals surface area (Å²) >= 11 is 0. The number of amides is 2. The Balaban J connectivity index is 1.52. The lowest BCUT2D eigenvalue weighted by Gasteiger charge is -2.32. The molecule has 154 valence electrons. The fourth-order valence-electron chi connectivity index (χ4n) is 3.82. The van der Waals surface area contributed by atoms with Crippen molar-refractivity contribution in [3.63, 3.8) is 0 Å². The van der Waals surface area contributed by atoms with Crippen molar-refractivity contribution in [3.8, 4) is 0 Å². The standard InChI is InChI=1S/C24H31N3O2/c1-2-3-7-13-26-23(28)21-10-14-25-22(18-21)24(29)27-15-11-20(12-16-27)17-19-8-5-4-6-9-19/h4-6,8-10,14,18,20H,2-3,7,11-13,15-17H2,1H3,(H,26,28). The van der Waals surface area contributed by atoms with Crippen LogP contribution < -0.4 is 5.32 Å². The van der Waals surface area contributed by atoms with E-state index in [9.17, 15) is 9.59 Å². The van der Waals surface area contributed by atoms with Crippen molar-refractivity contribution >= 4 is 11.8 Å². The molecule has 0 aliphatic carbocycles. The highest BCUT2D eigenvalue weighted by atomic mass is 16.2. The van der Waals surface area contributed by atoms with Gasteiger partial charge >= 0.3 is 0 Å². The number of unbranched alkanes of at least 4 members (excludes halogenated alkanes) is 2. The molecule has 2 amide bonds. The lowest BCUT2D eigenvalue weighted by Crippen LogP contribution is -2.39. The van der Waals surface area contributed by atoms with Gasteiger partial charge in [0, 0.05) is 31.4 Å². The van der Waals surface area contributed by atoms with Crippen molar-refractivity contribution in [1.82, 2.24) is 15.2 Å². The maximum atomic E-state index is 12.9. The Morgan fingerprint density at radius 2 is 1.86 bits per heavy atom. The van der Waals surface area contributed by atoms with Crippen LogP contribution in [0.2, 0.25) is 0 Å². The number of likely N-dealkylation sites (tertiary alicyclic amines) is 1. The van der Waals surface area contributed by atoms with E-state index in [-0.39, 0.29) is 11.8 Å². The third-order valence-corrected chi connectivity index (χ3v) is 5.58. The number of carbonyl (C=O) groups is 2. The van der Waals surface area contributed by atoms with Crippen LogP contribution in [-0.2, 0) is 6.42 Å². The molecule has 1 saturated heterocycles. The third-order valence-electron chi connectivity index (χ3n) is 5.58. The quantitative estimate of drug-likeness (QED) is 0.687. The zero-order valence-electron chi connectivity index (χ0n) is 17.3. The molecule has 29 heavy (non-hydrogen) atoms. The molecule has 0 bridgehead atoms. The van der Waals surface area contributed by atoms with Crippen LogP contribution >= 0.6 is 0 Å². The van der Waals surface area contributed by atoms with Gasteiger partial charge in [-0.25, -0.2) is 0 Å². The summed E-state index contributed by atoms with van der Waals surface area (Å²) in [6.45, 7) is 4.27. The van der Waals surface area contributed by atoms with Gasteiger partial charge in [-0.3, -0.25) is 14.6 Å². The molecule has 1 aliphatic heterocycles. The summed E-state index contributed by atoms with van der Waals surface area (Å²) in [5.41, 5.74) is 2.21. The van der Waals surface area contributed by atoms with E-state index in [1.165, 1.54) is 5.56 Å². The second-order valence-electron chi connectivity index (χ2n) is 7.82. The molecular formula is C24H31N3O2. The van der Waals surface area contributed by atoms with E-state index >= 15 is 0 Å². The summed E-state index contributed by atoms with van der Waals surface area (Å²) in [5, 5.41) is 2.92. The summed E-state index contributed by atoms with van der Waals surface area (Å²) in [7, 11) is 0. The molecule has 5 nitrogen and oxygen atoms in total. The van der Waals surface area contributed by atoms with Gasteiger partial charge in [0.25, 0.3) is 11.8 Å². The molecule has 1 aromatic heterocycles. The minimum atomic E-state index is -0.140. The highest BCUT2D eigenvalue weighted by molar-refractivity contribution is 5.98. The average molecular weight is 394 g/mol. The predicted molar refractivity (Wildman–Crippen MR) is 115 cm³/mol. The van der Waals surface area contributed by atoms with Gasteiger partial charge in [0.15, 0.2) is 0 Å². The fourth-order valence-corrected chi connectivity index (χ4v) is 3.82. The Bertz CT molecular complexity index is 799. The SMILES string of the molecule is CCCCCNC(=O)c1ccnc(C(=O)N2CCC(Cc3ccccc3)CC2)c1. The molecule has 2 aromatic rings. The molecule has 5 heteroatoms. The Morgan fingerprint density at radius 3 is 2.59 bits per heavy atom. The van der Waals surface area contributed by atoms with E-state index in [1.807, 2.05) is 11.0 Å². The second kappa shape index (κ2) is 10.7. The molecule has 1 aromatic carbocycles. The topological polar surface area (TPSA) is 62.3 Å². The first-order valence-electron chi connectivity index (χ1n) is 10.7. The molecule has 2 heterocycles. The first-order valence-corrected chi connectivity index (χ1v) is 10.7. The summed E-state index contributed by atoms with van der Waals surface area (Å²) < 4.78 is 0. The van der Waals surface area contributed by atoms with Crippen LogP contribution in [0.5, 0.6) is 0 Å². The number of hydrogen-bond donors (Lipinski definition) is 1. The molecular weight excluding hydrogens is 362 g/mol. The monoisotopic (exact) mass is 393 g/mol. The van der Waals surface area contributed by atoms with Crippen LogP contribution in [0.25, 0.3) is 0 Å². The largest absolute Gasteiger partial charge is 0.352 e. The first-order chi connectivity index (χ1) is 14.2. The van der Waals surface area contributed by atoms with Gasteiger partial charge in [0.05, 0.1) is 0 Å². The summed E-state index contributed by atoms with van der Waals surface area (Å²) in [4.78, 5) is 31.3. The van der Waals surface area contributed by atoms with Crippen LogP contribution in [0.3, 0.4) is 0 Å². The maximum absolute atomic E-state index is 12.9. The summed E-state index contributed by atoms with van der Waals surface area (Å²) in [6, 6.07) is 13.8. The maximum Gasteiger partial charge on any atom is 0.272 e. The third kappa shape index (κ3) is 6.14. The van der Waals surface area contributed by atoms with E-state index in [1.54, 1.807) is 18.3 Å². The van der Waals surface area contributed by atoms with Crippen molar-refractivity contribution in [3.05, 3.63) is 65.5 Å². The minimum Gasteiger partial charge on any atom is -0.352 e. The van der Waals surface area contributed by atoms with E-state index in [4.69, 9.17) is 0 Å². The fraction of sp³-hybridized carbons (Fsp3) is 0.458. The molecule has 0 radical (unpaired) electrons. The zero-order chi connectivity index (χ0) is 20.5. The smallest absolute Gasteiger partial charge is 0.272 e. The number of nitrogens with zero attached hydrogens (tertiary/aromatic N) is 2. The van der Waals surface area contributed by atoms with Gasteiger partial charge in [-0.2, -0.15) is 0 Å². The van der Waals surface area contributed by atoms with Crippen molar-refractivity contribution in [2.24, 2.45) is 5.92 Å². The van der Waals surface area contributed by atoms with Crippen LogP contribution in [-0.4, -0.2) is 41.3 Å². The average Bonchev–Trinajstić information content (AvgIpc) is 2.77. The molecule has 0 unspecified atom stereocenters. The van der Waals surface area contributed by atoms with Gasteiger partial charge in [0.2, 0.25) is 0 Å². The van der Waals surface area contributed by atoms with Crippen LogP contribution in [0.1, 0.15) is 65.4 Å². The Labute approximate surface area is 173 Å². The number of piperidine rings is 1.